The average molecular weight is 448 g/mol. The standard InChI is InChI=1S/C23H33N3O6/c1-5-16(4)19(20(28)22(30)24-11-12-27)26-21(29)18(13-15(2)3)25-23(31)32-14-17-9-7-6-8-10-17/h6-10,12,15-16,18-19H,5,11,13-14H2,1-4H3,(H,24,30)(H,25,31)(H,26,29)/t16-,18-,19?/m0/s1. The lowest BCUT2D eigenvalue weighted by Crippen LogP contribution is -2.56. The molecule has 0 aliphatic carbocycles. The van der Waals surface area contributed by atoms with Crippen LogP contribution in [-0.4, -0.2) is 48.6 Å². The van der Waals surface area contributed by atoms with Crippen molar-refractivity contribution in [3.05, 3.63) is 35.9 Å². The molecule has 32 heavy (non-hydrogen) atoms. The zero-order chi connectivity index (χ0) is 24.1. The van der Waals surface area contributed by atoms with E-state index in [4.69, 9.17) is 4.74 Å². The second-order valence-corrected chi connectivity index (χ2v) is 8.00. The minimum absolute atomic E-state index is 0.0492. The predicted octanol–water partition coefficient (Wildman–Crippen LogP) is 1.74. The summed E-state index contributed by atoms with van der Waals surface area (Å²) in [5, 5.41) is 7.35. The molecule has 3 atom stereocenters. The molecule has 0 heterocycles. The first-order valence-corrected chi connectivity index (χ1v) is 10.7. The minimum atomic E-state index is -1.09. The van der Waals surface area contributed by atoms with Crippen LogP contribution in [0.15, 0.2) is 30.3 Å². The third-order valence-electron chi connectivity index (χ3n) is 4.89. The van der Waals surface area contributed by atoms with Crippen molar-refractivity contribution in [3.8, 4) is 0 Å². The number of hydrogen-bond acceptors (Lipinski definition) is 6. The van der Waals surface area contributed by atoms with E-state index >= 15 is 0 Å². The van der Waals surface area contributed by atoms with Crippen LogP contribution in [-0.2, 0) is 30.5 Å². The van der Waals surface area contributed by atoms with Crippen molar-refractivity contribution in [2.75, 3.05) is 6.54 Å². The fourth-order valence-electron chi connectivity index (χ4n) is 2.93. The Hall–Kier alpha value is -3.23. The maximum absolute atomic E-state index is 12.9. The third kappa shape index (κ3) is 9.28. The second-order valence-electron chi connectivity index (χ2n) is 8.00. The van der Waals surface area contributed by atoms with Gasteiger partial charge >= 0.3 is 6.09 Å². The molecular formula is C23H33N3O6. The number of amides is 3. The van der Waals surface area contributed by atoms with Crippen LogP contribution in [0.5, 0.6) is 0 Å². The molecule has 1 unspecified atom stereocenters. The monoisotopic (exact) mass is 447 g/mol. The van der Waals surface area contributed by atoms with Gasteiger partial charge in [0, 0.05) is 0 Å². The van der Waals surface area contributed by atoms with Crippen molar-refractivity contribution in [1.82, 2.24) is 16.0 Å². The minimum Gasteiger partial charge on any atom is -0.445 e. The smallest absolute Gasteiger partial charge is 0.408 e. The lowest BCUT2D eigenvalue weighted by molar-refractivity contribution is -0.141. The van der Waals surface area contributed by atoms with Gasteiger partial charge in [0.1, 0.15) is 18.9 Å². The Morgan fingerprint density at radius 3 is 2.25 bits per heavy atom. The van der Waals surface area contributed by atoms with Crippen molar-refractivity contribution in [2.45, 2.75) is 59.2 Å². The van der Waals surface area contributed by atoms with E-state index in [-0.39, 0.29) is 25.0 Å². The van der Waals surface area contributed by atoms with E-state index in [2.05, 4.69) is 16.0 Å². The first-order chi connectivity index (χ1) is 15.2. The van der Waals surface area contributed by atoms with Crippen molar-refractivity contribution in [3.63, 3.8) is 0 Å². The number of alkyl carbamates (subject to hydrolysis) is 1. The predicted molar refractivity (Wildman–Crippen MR) is 118 cm³/mol. The Morgan fingerprint density at radius 1 is 1.03 bits per heavy atom. The molecule has 9 heteroatoms. The summed E-state index contributed by atoms with van der Waals surface area (Å²) in [5.41, 5.74) is 0.802. The van der Waals surface area contributed by atoms with Gasteiger partial charge < -0.3 is 25.5 Å². The van der Waals surface area contributed by atoms with E-state index in [1.54, 1.807) is 6.92 Å². The summed E-state index contributed by atoms with van der Waals surface area (Å²) in [6.45, 7) is 7.09. The van der Waals surface area contributed by atoms with Crippen molar-refractivity contribution in [1.29, 1.82) is 0 Å². The quantitative estimate of drug-likeness (QED) is 0.312. The number of ketones is 1. The summed E-state index contributed by atoms with van der Waals surface area (Å²) in [6.07, 6.45) is 0.542. The zero-order valence-electron chi connectivity index (χ0n) is 19.1. The van der Waals surface area contributed by atoms with Gasteiger partial charge in [-0.05, 0) is 23.8 Å². The number of carbonyl (C=O) groups excluding carboxylic acids is 5. The summed E-state index contributed by atoms with van der Waals surface area (Å²) < 4.78 is 5.20. The maximum atomic E-state index is 12.9. The number of nitrogens with one attached hydrogen (secondary N) is 3. The summed E-state index contributed by atoms with van der Waals surface area (Å²) in [4.78, 5) is 60.3. The zero-order valence-corrected chi connectivity index (χ0v) is 19.1. The van der Waals surface area contributed by atoms with Gasteiger partial charge in [-0.25, -0.2) is 4.79 Å². The molecule has 1 aromatic rings. The second kappa shape index (κ2) is 14.0. The van der Waals surface area contributed by atoms with E-state index < -0.39 is 35.8 Å². The lowest BCUT2D eigenvalue weighted by atomic mass is 9.94. The molecule has 0 saturated carbocycles. The van der Waals surface area contributed by atoms with E-state index in [9.17, 15) is 24.0 Å². The van der Waals surface area contributed by atoms with Gasteiger partial charge in [0.2, 0.25) is 11.7 Å². The largest absolute Gasteiger partial charge is 0.445 e. The number of Topliss-reactive ketones (excluding diaryl/α,β-unsaturated/α-hetero) is 1. The van der Waals surface area contributed by atoms with Gasteiger partial charge in [-0.2, -0.15) is 0 Å². The van der Waals surface area contributed by atoms with Crippen molar-refractivity contribution in [2.24, 2.45) is 11.8 Å². The summed E-state index contributed by atoms with van der Waals surface area (Å²) in [5.74, 6) is -2.65. The molecule has 0 radical (unpaired) electrons. The molecule has 3 amide bonds. The van der Waals surface area contributed by atoms with Crippen LogP contribution in [0.4, 0.5) is 4.79 Å². The molecule has 0 spiro atoms. The molecule has 9 nitrogen and oxygen atoms in total. The lowest BCUT2D eigenvalue weighted by Gasteiger charge is -2.26. The highest BCUT2D eigenvalue weighted by Gasteiger charge is 2.33. The van der Waals surface area contributed by atoms with E-state index in [0.29, 0.717) is 19.1 Å². The number of hydrogen-bond donors (Lipinski definition) is 3. The van der Waals surface area contributed by atoms with Gasteiger partial charge in [-0.1, -0.05) is 64.4 Å². The van der Waals surface area contributed by atoms with Gasteiger partial charge in [-0.15, -0.1) is 0 Å². The first-order valence-electron chi connectivity index (χ1n) is 10.7. The number of aldehydes is 1. The van der Waals surface area contributed by atoms with E-state index in [1.165, 1.54) is 0 Å². The molecule has 3 N–H and O–H groups in total. The molecule has 1 rings (SSSR count). The van der Waals surface area contributed by atoms with Gasteiger partial charge in [-0.3, -0.25) is 14.4 Å². The highest BCUT2D eigenvalue weighted by Crippen LogP contribution is 2.12. The van der Waals surface area contributed by atoms with Crippen LogP contribution < -0.4 is 16.0 Å². The van der Waals surface area contributed by atoms with Crippen molar-refractivity contribution >= 4 is 30.0 Å². The molecule has 0 aliphatic heterocycles. The number of benzene rings is 1. The molecule has 0 aromatic heterocycles. The summed E-state index contributed by atoms with van der Waals surface area (Å²) in [6, 6.07) is 7.08. The Balaban J connectivity index is 2.85. The SMILES string of the molecule is CC[C@H](C)C(NC(=O)[C@H](CC(C)C)NC(=O)OCc1ccccc1)C(=O)C(=O)NCC=O. The van der Waals surface area contributed by atoms with Gasteiger partial charge in [0.15, 0.2) is 0 Å². The highest BCUT2D eigenvalue weighted by molar-refractivity contribution is 6.38. The maximum Gasteiger partial charge on any atom is 0.408 e. The molecule has 0 saturated heterocycles. The van der Waals surface area contributed by atoms with E-state index in [0.717, 1.165) is 5.56 Å². The molecule has 0 fully saturated rings. The fourth-order valence-corrected chi connectivity index (χ4v) is 2.93. The Labute approximate surface area is 188 Å². The molecule has 176 valence electrons. The van der Waals surface area contributed by atoms with Gasteiger partial charge in [0.25, 0.3) is 5.91 Å². The summed E-state index contributed by atoms with van der Waals surface area (Å²) >= 11 is 0. The Morgan fingerprint density at radius 2 is 1.69 bits per heavy atom. The van der Waals surface area contributed by atoms with Crippen LogP contribution in [0, 0.1) is 11.8 Å². The van der Waals surface area contributed by atoms with Crippen molar-refractivity contribution < 1.29 is 28.7 Å². The Bertz CT molecular complexity index is 781. The fraction of sp³-hybridized carbons (Fsp3) is 0.522. The van der Waals surface area contributed by atoms with E-state index in [1.807, 2.05) is 51.1 Å². The highest BCUT2D eigenvalue weighted by atomic mass is 16.5. The van der Waals surface area contributed by atoms with Gasteiger partial charge in [0.05, 0.1) is 12.6 Å². The first kappa shape index (κ1) is 26.8. The molecule has 0 bridgehead atoms. The van der Waals surface area contributed by atoms with Crippen LogP contribution >= 0.6 is 0 Å². The van der Waals surface area contributed by atoms with Crippen LogP contribution in [0.1, 0.15) is 46.1 Å². The third-order valence-corrected chi connectivity index (χ3v) is 4.89. The van der Waals surface area contributed by atoms with Crippen LogP contribution in [0.25, 0.3) is 0 Å². The number of ether oxygens (including phenoxy) is 1. The number of rotatable bonds is 13. The Kier molecular flexibility index (Phi) is 11.7. The topological polar surface area (TPSA) is 131 Å². The molecular weight excluding hydrogens is 414 g/mol. The number of carbonyl (C=O) groups is 5. The normalized spacial score (nSPS) is 13.4. The van der Waals surface area contributed by atoms with Crippen LogP contribution in [0.2, 0.25) is 0 Å². The molecule has 0 aliphatic rings. The van der Waals surface area contributed by atoms with Crippen LogP contribution in [0.3, 0.4) is 0 Å². The average Bonchev–Trinajstić information content (AvgIpc) is 2.78. The summed E-state index contributed by atoms with van der Waals surface area (Å²) in [7, 11) is 0. The molecule has 1 aromatic carbocycles.